The zero-order valence-electron chi connectivity index (χ0n) is 11.1. The van der Waals surface area contributed by atoms with Gasteiger partial charge in [0.05, 0.1) is 6.61 Å². The number of unbranched alkanes of at least 4 members (excludes halogenated alkanes) is 1. The third-order valence-electron chi connectivity index (χ3n) is 1.95. The number of rotatable bonds is 9. The highest BCUT2D eigenvalue weighted by atomic mass is 35.5. The van der Waals surface area contributed by atoms with Gasteiger partial charge in [0.1, 0.15) is 6.42 Å². The summed E-state index contributed by atoms with van der Waals surface area (Å²) in [6.07, 6.45) is 0.220. The van der Waals surface area contributed by atoms with Gasteiger partial charge in [-0.3, -0.25) is 14.4 Å². The molecule has 0 spiro atoms. The van der Waals surface area contributed by atoms with E-state index in [1.54, 1.807) is 0 Å². The Morgan fingerprint density at radius 2 is 1.84 bits per heavy atom. The number of carbonyl (C=O) groups excluding carboxylic acids is 3. The van der Waals surface area contributed by atoms with Gasteiger partial charge >= 0.3 is 17.9 Å². The second-order valence-electron chi connectivity index (χ2n) is 3.76. The van der Waals surface area contributed by atoms with Crippen LogP contribution in [0.25, 0.3) is 0 Å². The van der Waals surface area contributed by atoms with E-state index in [4.69, 9.17) is 25.8 Å². The van der Waals surface area contributed by atoms with E-state index in [0.29, 0.717) is 0 Å². The van der Waals surface area contributed by atoms with Gasteiger partial charge in [0, 0.05) is 19.2 Å². The van der Waals surface area contributed by atoms with E-state index < -0.39 is 30.6 Å². The normalized spacial score (nSPS) is 11.5. The van der Waals surface area contributed by atoms with E-state index in [1.165, 1.54) is 6.92 Å². The lowest BCUT2D eigenvalue weighted by molar-refractivity contribution is -0.187. The van der Waals surface area contributed by atoms with Crippen molar-refractivity contribution in [3.8, 4) is 0 Å². The highest BCUT2D eigenvalue weighted by Crippen LogP contribution is 2.05. The first-order chi connectivity index (χ1) is 8.99. The molecule has 0 aliphatic heterocycles. The molecule has 0 saturated carbocycles. The molecule has 0 amide bonds. The molecule has 0 heterocycles. The number of esters is 3. The van der Waals surface area contributed by atoms with Crippen molar-refractivity contribution < 1.29 is 28.6 Å². The molecule has 0 aliphatic rings. The minimum absolute atomic E-state index is 0.159. The Balaban J connectivity index is 4.03. The van der Waals surface area contributed by atoms with Gasteiger partial charge in [-0.2, -0.15) is 0 Å². The van der Waals surface area contributed by atoms with Crippen LogP contribution in [-0.4, -0.2) is 36.7 Å². The summed E-state index contributed by atoms with van der Waals surface area (Å²) in [7, 11) is 0. The van der Waals surface area contributed by atoms with Crippen LogP contribution in [0.15, 0.2) is 0 Å². The van der Waals surface area contributed by atoms with Gasteiger partial charge in [-0.15, -0.1) is 11.6 Å². The van der Waals surface area contributed by atoms with Crippen LogP contribution >= 0.6 is 11.6 Å². The third-order valence-corrected chi connectivity index (χ3v) is 2.17. The van der Waals surface area contributed by atoms with Crippen LogP contribution in [0.2, 0.25) is 0 Å². The summed E-state index contributed by atoms with van der Waals surface area (Å²) >= 11 is 5.48. The molecular weight excluding hydrogens is 276 g/mol. The number of hydrogen-bond acceptors (Lipinski definition) is 6. The standard InChI is InChI=1S/C12H19ClO6/c1-3-4-7-17-10(15)8-11(16)19-12(5-6-13)18-9(2)14/h12H,3-8H2,1-2H3. The summed E-state index contributed by atoms with van der Waals surface area (Å²) < 4.78 is 14.3. The highest BCUT2D eigenvalue weighted by molar-refractivity contribution is 6.17. The molecule has 0 aliphatic carbocycles. The minimum atomic E-state index is -1.06. The molecule has 6 nitrogen and oxygen atoms in total. The molecule has 0 N–H and O–H groups in total. The fourth-order valence-electron chi connectivity index (χ4n) is 1.10. The Labute approximate surface area is 117 Å². The molecule has 0 aromatic rings. The topological polar surface area (TPSA) is 78.9 Å². The minimum Gasteiger partial charge on any atom is -0.465 e. The molecule has 0 fully saturated rings. The van der Waals surface area contributed by atoms with E-state index >= 15 is 0 Å². The average molecular weight is 295 g/mol. The first-order valence-corrected chi connectivity index (χ1v) is 6.61. The highest BCUT2D eigenvalue weighted by Gasteiger charge is 2.19. The molecule has 0 saturated heterocycles. The van der Waals surface area contributed by atoms with Crippen molar-refractivity contribution in [2.45, 2.75) is 45.8 Å². The fourth-order valence-corrected chi connectivity index (χ4v) is 1.28. The fraction of sp³-hybridized carbons (Fsp3) is 0.750. The van der Waals surface area contributed by atoms with Crippen LogP contribution in [0.3, 0.4) is 0 Å². The van der Waals surface area contributed by atoms with Gasteiger partial charge in [-0.05, 0) is 6.42 Å². The van der Waals surface area contributed by atoms with Crippen LogP contribution in [0.1, 0.15) is 39.5 Å². The van der Waals surface area contributed by atoms with Crippen molar-refractivity contribution >= 4 is 29.5 Å². The quantitative estimate of drug-likeness (QED) is 0.212. The Hall–Kier alpha value is -1.30. The molecule has 0 rings (SSSR count). The molecule has 110 valence electrons. The first kappa shape index (κ1) is 17.7. The summed E-state index contributed by atoms with van der Waals surface area (Å²) in [6, 6.07) is 0. The lowest BCUT2D eigenvalue weighted by Gasteiger charge is -2.16. The second-order valence-corrected chi connectivity index (χ2v) is 4.14. The summed E-state index contributed by atoms with van der Waals surface area (Å²) in [4.78, 5) is 33.4. The Kier molecular flexibility index (Phi) is 9.88. The number of ether oxygens (including phenoxy) is 3. The Morgan fingerprint density at radius 3 is 2.37 bits per heavy atom. The Bertz CT molecular complexity index is 305. The van der Waals surface area contributed by atoms with Crippen molar-refractivity contribution in [3.63, 3.8) is 0 Å². The third kappa shape index (κ3) is 10.3. The van der Waals surface area contributed by atoms with E-state index in [2.05, 4.69) is 0 Å². The van der Waals surface area contributed by atoms with Crippen molar-refractivity contribution in [1.82, 2.24) is 0 Å². The zero-order chi connectivity index (χ0) is 14.7. The van der Waals surface area contributed by atoms with Crippen molar-refractivity contribution in [1.29, 1.82) is 0 Å². The summed E-state index contributed by atoms with van der Waals surface area (Å²) in [5.41, 5.74) is 0. The molecule has 0 aromatic carbocycles. The van der Waals surface area contributed by atoms with Gasteiger partial charge in [0.25, 0.3) is 0 Å². The molecule has 0 bridgehead atoms. The molecular formula is C12H19ClO6. The summed E-state index contributed by atoms with van der Waals surface area (Å²) in [5.74, 6) is -1.90. The zero-order valence-corrected chi connectivity index (χ0v) is 11.9. The predicted octanol–water partition coefficient (Wildman–Crippen LogP) is 1.78. The van der Waals surface area contributed by atoms with Gasteiger partial charge in [-0.1, -0.05) is 13.3 Å². The number of halogens is 1. The van der Waals surface area contributed by atoms with Crippen molar-refractivity contribution in [2.24, 2.45) is 0 Å². The smallest absolute Gasteiger partial charge is 0.320 e. The Morgan fingerprint density at radius 1 is 1.16 bits per heavy atom. The van der Waals surface area contributed by atoms with Gasteiger partial charge in [-0.25, -0.2) is 0 Å². The molecule has 0 radical (unpaired) electrons. The van der Waals surface area contributed by atoms with Crippen LogP contribution in [0, 0.1) is 0 Å². The lowest BCUT2D eigenvalue weighted by atomic mass is 10.3. The molecule has 1 unspecified atom stereocenters. The van der Waals surface area contributed by atoms with E-state index in [9.17, 15) is 14.4 Å². The largest absolute Gasteiger partial charge is 0.465 e. The van der Waals surface area contributed by atoms with Gasteiger partial charge < -0.3 is 14.2 Å². The van der Waals surface area contributed by atoms with Gasteiger partial charge in [0.2, 0.25) is 6.29 Å². The summed E-state index contributed by atoms with van der Waals surface area (Å²) in [5, 5.41) is 0. The number of carbonyl (C=O) groups is 3. The van der Waals surface area contributed by atoms with Crippen LogP contribution in [0.5, 0.6) is 0 Å². The van der Waals surface area contributed by atoms with E-state index in [1.807, 2.05) is 6.92 Å². The van der Waals surface area contributed by atoms with Crippen LogP contribution in [-0.2, 0) is 28.6 Å². The molecule has 1 atom stereocenters. The first-order valence-electron chi connectivity index (χ1n) is 6.07. The maximum atomic E-state index is 11.4. The number of hydrogen-bond donors (Lipinski definition) is 0. The van der Waals surface area contributed by atoms with E-state index in [0.717, 1.165) is 12.8 Å². The number of alkyl halides is 1. The molecule has 7 heteroatoms. The van der Waals surface area contributed by atoms with Crippen molar-refractivity contribution in [3.05, 3.63) is 0 Å². The van der Waals surface area contributed by atoms with Gasteiger partial charge in [0.15, 0.2) is 0 Å². The lowest BCUT2D eigenvalue weighted by Crippen LogP contribution is -2.25. The monoisotopic (exact) mass is 294 g/mol. The van der Waals surface area contributed by atoms with Crippen LogP contribution < -0.4 is 0 Å². The van der Waals surface area contributed by atoms with E-state index in [-0.39, 0.29) is 18.9 Å². The van der Waals surface area contributed by atoms with Crippen molar-refractivity contribution in [2.75, 3.05) is 12.5 Å². The SMILES string of the molecule is CCCCOC(=O)CC(=O)OC(CCCl)OC(C)=O. The predicted molar refractivity (Wildman–Crippen MR) is 67.5 cm³/mol. The second kappa shape index (κ2) is 10.6. The maximum absolute atomic E-state index is 11.4. The summed E-state index contributed by atoms with van der Waals surface area (Å²) in [6.45, 7) is 3.42. The molecule has 0 aromatic heterocycles. The average Bonchev–Trinajstić information content (AvgIpc) is 2.28. The molecule has 19 heavy (non-hydrogen) atoms. The maximum Gasteiger partial charge on any atom is 0.320 e. The van der Waals surface area contributed by atoms with Crippen LogP contribution in [0.4, 0.5) is 0 Å².